The Morgan fingerprint density at radius 3 is 2.69 bits per heavy atom. The standard InChI is InChI=1S/C18H19N3O5/c22-16-9-6-12(10-19-16)17(23)20-21-18(24)15-8-7-14(26-15)11-25-13-4-2-1-3-5-13/h1-5,7-8,12H,6,9-11H2,(H,19,22)(H,20,23)(H,21,24). The second-order valence-electron chi connectivity index (χ2n) is 5.85. The van der Waals surface area contributed by atoms with Gasteiger partial charge in [-0.1, -0.05) is 18.2 Å². The number of ether oxygens (including phenoxy) is 1. The zero-order valence-corrected chi connectivity index (χ0v) is 14.0. The van der Waals surface area contributed by atoms with Crippen molar-refractivity contribution >= 4 is 17.7 Å². The van der Waals surface area contributed by atoms with Crippen molar-refractivity contribution in [1.29, 1.82) is 0 Å². The topological polar surface area (TPSA) is 110 Å². The normalized spacial score (nSPS) is 16.5. The molecule has 3 amide bonds. The van der Waals surface area contributed by atoms with Crippen molar-refractivity contribution in [3.8, 4) is 5.75 Å². The maximum absolute atomic E-state index is 12.0. The Balaban J connectivity index is 1.45. The van der Waals surface area contributed by atoms with Crippen LogP contribution in [0.25, 0.3) is 0 Å². The van der Waals surface area contributed by atoms with Crippen LogP contribution in [0.1, 0.15) is 29.2 Å². The molecular weight excluding hydrogens is 338 g/mol. The molecular formula is C18H19N3O5. The fraction of sp³-hybridized carbons (Fsp3) is 0.278. The molecule has 0 aliphatic carbocycles. The molecule has 0 radical (unpaired) electrons. The van der Waals surface area contributed by atoms with Crippen LogP contribution in [0.15, 0.2) is 46.9 Å². The van der Waals surface area contributed by atoms with E-state index in [0.29, 0.717) is 24.4 Å². The summed E-state index contributed by atoms with van der Waals surface area (Å²) in [7, 11) is 0. The van der Waals surface area contributed by atoms with Gasteiger partial charge in [-0.3, -0.25) is 25.2 Å². The predicted molar refractivity (Wildman–Crippen MR) is 90.8 cm³/mol. The lowest BCUT2D eigenvalue weighted by Gasteiger charge is -2.21. The Bertz CT molecular complexity index is 777. The van der Waals surface area contributed by atoms with Crippen molar-refractivity contribution in [2.45, 2.75) is 19.4 Å². The Hall–Kier alpha value is -3.29. The van der Waals surface area contributed by atoms with Crippen LogP contribution in [0.5, 0.6) is 5.75 Å². The van der Waals surface area contributed by atoms with E-state index in [-0.39, 0.29) is 36.6 Å². The second kappa shape index (κ2) is 8.19. The maximum Gasteiger partial charge on any atom is 0.305 e. The van der Waals surface area contributed by atoms with Gasteiger partial charge in [-0.15, -0.1) is 0 Å². The molecule has 8 heteroatoms. The van der Waals surface area contributed by atoms with Crippen molar-refractivity contribution in [1.82, 2.24) is 16.2 Å². The van der Waals surface area contributed by atoms with E-state index in [1.54, 1.807) is 6.07 Å². The van der Waals surface area contributed by atoms with E-state index >= 15 is 0 Å². The Morgan fingerprint density at radius 2 is 1.96 bits per heavy atom. The van der Waals surface area contributed by atoms with E-state index in [9.17, 15) is 14.4 Å². The second-order valence-corrected chi connectivity index (χ2v) is 5.85. The molecule has 26 heavy (non-hydrogen) atoms. The highest BCUT2D eigenvalue weighted by Crippen LogP contribution is 2.14. The van der Waals surface area contributed by atoms with Gasteiger partial charge in [0.15, 0.2) is 5.76 Å². The summed E-state index contributed by atoms with van der Waals surface area (Å²) in [5, 5.41) is 2.62. The van der Waals surface area contributed by atoms with Crippen molar-refractivity contribution in [2.24, 2.45) is 5.92 Å². The van der Waals surface area contributed by atoms with Gasteiger partial charge in [-0.2, -0.15) is 0 Å². The summed E-state index contributed by atoms with van der Waals surface area (Å²) >= 11 is 0. The van der Waals surface area contributed by atoms with Gasteiger partial charge in [-0.05, 0) is 30.7 Å². The average molecular weight is 357 g/mol. The quantitative estimate of drug-likeness (QED) is 0.696. The number of carbonyl (C=O) groups is 3. The first-order chi connectivity index (χ1) is 12.6. The molecule has 136 valence electrons. The van der Waals surface area contributed by atoms with Crippen LogP contribution in [0, 0.1) is 5.92 Å². The molecule has 8 nitrogen and oxygen atoms in total. The highest BCUT2D eigenvalue weighted by atomic mass is 16.5. The fourth-order valence-electron chi connectivity index (χ4n) is 2.49. The van der Waals surface area contributed by atoms with Crippen LogP contribution < -0.4 is 20.9 Å². The van der Waals surface area contributed by atoms with Crippen molar-refractivity contribution < 1.29 is 23.5 Å². The molecule has 1 fully saturated rings. The third kappa shape index (κ3) is 4.62. The van der Waals surface area contributed by atoms with E-state index < -0.39 is 5.91 Å². The summed E-state index contributed by atoms with van der Waals surface area (Å²) in [6.07, 6.45) is 0.754. The third-order valence-electron chi connectivity index (χ3n) is 3.95. The SMILES string of the molecule is O=C1CCC(C(=O)NNC(=O)c2ccc(COc3ccccc3)o2)CN1. The van der Waals surface area contributed by atoms with E-state index in [1.165, 1.54) is 6.07 Å². The minimum Gasteiger partial charge on any atom is -0.486 e. The zero-order valence-electron chi connectivity index (χ0n) is 14.0. The zero-order chi connectivity index (χ0) is 18.4. The molecule has 2 aromatic rings. The van der Waals surface area contributed by atoms with Crippen LogP contribution in [0.4, 0.5) is 0 Å². The molecule has 3 N–H and O–H groups in total. The van der Waals surface area contributed by atoms with Crippen molar-refractivity contribution in [2.75, 3.05) is 6.54 Å². The van der Waals surface area contributed by atoms with Gasteiger partial charge in [0.1, 0.15) is 18.1 Å². The number of amides is 3. The number of rotatable bonds is 5. The van der Waals surface area contributed by atoms with Gasteiger partial charge >= 0.3 is 5.91 Å². The predicted octanol–water partition coefficient (Wildman–Crippen LogP) is 1.15. The van der Waals surface area contributed by atoms with Gasteiger partial charge in [0.05, 0.1) is 5.92 Å². The van der Waals surface area contributed by atoms with Crippen molar-refractivity contribution in [3.05, 3.63) is 54.0 Å². The number of para-hydroxylation sites is 1. The summed E-state index contributed by atoms with van der Waals surface area (Å²) in [6.45, 7) is 0.452. The van der Waals surface area contributed by atoms with Crippen LogP contribution >= 0.6 is 0 Å². The number of furan rings is 1. The number of piperidine rings is 1. The molecule has 1 saturated heterocycles. The molecule has 0 saturated carbocycles. The van der Waals surface area contributed by atoms with E-state index in [0.717, 1.165) is 0 Å². The average Bonchev–Trinajstić information content (AvgIpc) is 3.15. The van der Waals surface area contributed by atoms with Crippen molar-refractivity contribution in [3.63, 3.8) is 0 Å². The molecule has 1 aromatic heterocycles. The first kappa shape index (κ1) is 17.5. The van der Waals surface area contributed by atoms with Crippen LogP contribution in [-0.4, -0.2) is 24.3 Å². The number of hydrogen-bond acceptors (Lipinski definition) is 5. The summed E-state index contributed by atoms with van der Waals surface area (Å²) in [6, 6.07) is 12.4. The summed E-state index contributed by atoms with van der Waals surface area (Å²) in [5.74, 6) is -0.101. The number of hydrogen-bond donors (Lipinski definition) is 3. The van der Waals surface area contributed by atoms with Gasteiger partial charge in [-0.25, -0.2) is 0 Å². The van der Waals surface area contributed by atoms with E-state index in [4.69, 9.17) is 9.15 Å². The van der Waals surface area contributed by atoms with Gasteiger partial charge in [0, 0.05) is 13.0 Å². The molecule has 1 atom stereocenters. The largest absolute Gasteiger partial charge is 0.486 e. The third-order valence-corrected chi connectivity index (χ3v) is 3.95. The number of carbonyl (C=O) groups excluding carboxylic acids is 3. The lowest BCUT2D eigenvalue weighted by molar-refractivity contribution is -0.129. The molecule has 1 unspecified atom stereocenters. The van der Waals surface area contributed by atoms with Gasteiger partial charge < -0.3 is 14.5 Å². The summed E-state index contributed by atoms with van der Waals surface area (Å²) in [5.41, 5.74) is 4.66. The maximum atomic E-state index is 12.0. The lowest BCUT2D eigenvalue weighted by Crippen LogP contribution is -2.49. The van der Waals surface area contributed by atoms with Crippen LogP contribution in [-0.2, 0) is 16.2 Å². The minimum absolute atomic E-state index is 0.0638. The highest BCUT2D eigenvalue weighted by Gasteiger charge is 2.25. The van der Waals surface area contributed by atoms with E-state index in [1.807, 2.05) is 30.3 Å². The molecule has 0 spiro atoms. The summed E-state index contributed by atoms with van der Waals surface area (Å²) in [4.78, 5) is 35.1. The molecule has 1 aromatic carbocycles. The monoisotopic (exact) mass is 357 g/mol. The first-order valence-corrected chi connectivity index (χ1v) is 8.25. The molecule has 1 aliphatic rings. The minimum atomic E-state index is -0.566. The van der Waals surface area contributed by atoms with E-state index in [2.05, 4.69) is 16.2 Å². The molecule has 0 bridgehead atoms. The number of nitrogens with one attached hydrogen (secondary N) is 3. The Morgan fingerprint density at radius 1 is 1.15 bits per heavy atom. The van der Waals surface area contributed by atoms with Crippen LogP contribution in [0.3, 0.4) is 0 Å². The van der Waals surface area contributed by atoms with Crippen LogP contribution in [0.2, 0.25) is 0 Å². The summed E-state index contributed by atoms with van der Waals surface area (Å²) < 4.78 is 11.0. The smallest absolute Gasteiger partial charge is 0.305 e. The fourth-order valence-corrected chi connectivity index (χ4v) is 2.49. The van der Waals surface area contributed by atoms with Gasteiger partial charge in [0.25, 0.3) is 0 Å². The Labute approximate surface area is 149 Å². The highest BCUT2D eigenvalue weighted by molar-refractivity contribution is 5.93. The molecule has 3 rings (SSSR count). The molecule has 2 heterocycles. The Kier molecular flexibility index (Phi) is 5.52. The number of hydrazine groups is 1. The first-order valence-electron chi connectivity index (χ1n) is 8.25. The molecule has 1 aliphatic heterocycles. The lowest BCUT2D eigenvalue weighted by atomic mass is 9.99. The number of benzene rings is 1. The van der Waals surface area contributed by atoms with Gasteiger partial charge in [0.2, 0.25) is 11.8 Å².